The first-order valence-electron chi connectivity index (χ1n) is 7.03. The Labute approximate surface area is 133 Å². The summed E-state index contributed by atoms with van der Waals surface area (Å²) in [5.41, 5.74) is 2.12. The fourth-order valence-electron chi connectivity index (χ4n) is 2.27. The lowest BCUT2D eigenvalue weighted by Crippen LogP contribution is -2.26. The van der Waals surface area contributed by atoms with E-state index in [1.807, 2.05) is 25.3 Å². The Bertz CT molecular complexity index is 666. The maximum Gasteiger partial charge on any atom is 0.344 e. The van der Waals surface area contributed by atoms with Gasteiger partial charge in [-0.3, -0.25) is 4.79 Å². The van der Waals surface area contributed by atoms with Gasteiger partial charge < -0.3 is 9.84 Å². The van der Waals surface area contributed by atoms with Gasteiger partial charge in [-0.2, -0.15) is 0 Å². The SMILES string of the molecule is CCC(Oc1c(C)cc(C(=O)c2cccs2)cc1C)C(=O)O. The van der Waals surface area contributed by atoms with Crippen LogP contribution in [-0.4, -0.2) is 23.0 Å². The second-order valence-electron chi connectivity index (χ2n) is 5.10. The summed E-state index contributed by atoms with van der Waals surface area (Å²) in [6.45, 7) is 5.41. The molecule has 2 rings (SSSR count). The van der Waals surface area contributed by atoms with Crippen LogP contribution in [0.15, 0.2) is 29.6 Å². The number of carboxylic acid groups (broad SMARTS) is 1. The predicted molar refractivity (Wildman–Crippen MR) is 86.0 cm³/mol. The van der Waals surface area contributed by atoms with Crippen molar-refractivity contribution in [2.45, 2.75) is 33.3 Å². The Kier molecular flexibility index (Phi) is 4.98. The van der Waals surface area contributed by atoms with E-state index >= 15 is 0 Å². The minimum Gasteiger partial charge on any atom is -0.479 e. The summed E-state index contributed by atoms with van der Waals surface area (Å²) < 4.78 is 5.60. The normalized spacial score (nSPS) is 12.0. The molecular weight excluding hydrogens is 300 g/mol. The summed E-state index contributed by atoms with van der Waals surface area (Å²) in [4.78, 5) is 24.2. The third-order valence-electron chi connectivity index (χ3n) is 3.37. The predicted octanol–water partition coefficient (Wildman–Crippen LogP) is 3.84. The van der Waals surface area contributed by atoms with Crippen molar-refractivity contribution in [2.24, 2.45) is 0 Å². The van der Waals surface area contributed by atoms with Crippen LogP contribution < -0.4 is 4.74 Å². The molecule has 1 unspecified atom stereocenters. The molecule has 0 spiro atoms. The van der Waals surface area contributed by atoms with E-state index in [-0.39, 0.29) is 5.78 Å². The van der Waals surface area contributed by atoms with E-state index < -0.39 is 12.1 Å². The summed E-state index contributed by atoms with van der Waals surface area (Å²) in [5, 5.41) is 11.0. The highest BCUT2D eigenvalue weighted by atomic mass is 32.1. The fraction of sp³-hybridized carbons (Fsp3) is 0.294. The third-order valence-corrected chi connectivity index (χ3v) is 4.24. The first kappa shape index (κ1) is 16.2. The molecule has 0 radical (unpaired) electrons. The molecule has 0 aliphatic carbocycles. The van der Waals surface area contributed by atoms with Crippen molar-refractivity contribution in [3.05, 3.63) is 51.2 Å². The molecule has 0 aliphatic rings. The minimum atomic E-state index is -0.986. The highest BCUT2D eigenvalue weighted by Gasteiger charge is 2.20. The number of ketones is 1. The standard InChI is InChI=1S/C17H18O4S/c1-4-13(17(19)20)21-16-10(2)8-12(9-11(16)3)15(18)14-6-5-7-22-14/h5-9,13H,4H2,1-3H3,(H,19,20). The van der Waals surface area contributed by atoms with E-state index in [1.54, 1.807) is 25.1 Å². The Morgan fingerprint density at radius 2 is 1.91 bits per heavy atom. The average molecular weight is 318 g/mol. The Hall–Kier alpha value is -2.14. The monoisotopic (exact) mass is 318 g/mol. The fourth-order valence-corrected chi connectivity index (χ4v) is 2.95. The Balaban J connectivity index is 2.33. The molecule has 1 aromatic carbocycles. The molecule has 0 amide bonds. The number of rotatable bonds is 6. The lowest BCUT2D eigenvalue weighted by atomic mass is 10.0. The maximum absolute atomic E-state index is 12.4. The first-order valence-corrected chi connectivity index (χ1v) is 7.91. The highest BCUT2D eigenvalue weighted by molar-refractivity contribution is 7.12. The van der Waals surface area contributed by atoms with Gasteiger partial charge in [0.1, 0.15) is 5.75 Å². The van der Waals surface area contributed by atoms with Crippen molar-refractivity contribution in [3.8, 4) is 5.75 Å². The van der Waals surface area contributed by atoms with Gasteiger partial charge in [-0.1, -0.05) is 13.0 Å². The lowest BCUT2D eigenvalue weighted by Gasteiger charge is -2.18. The van der Waals surface area contributed by atoms with Crippen LogP contribution in [0.1, 0.15) is 39.7 Å². The second kappa shape index (κ2) is 6.75. The summed E-state index contributed by atoms with van der Waals surface area (Å²) in [7, 11) is 0. The van der Waals surface area contributed by atoms with Crippen LogP contribution in [0.25, 0.3) is 0 Å². The zero-order chi connectivity index (χ0) is 16.3. The summed E-state index contributed by atoms with van der Waals surface area (Å²) in [5.74, 6) is -0.477. The maximum atomic E-state index is 12.4. The molecule has 0 bridgehead atoms. The van der Waals surface area contributed by atoms with Crippen LogP contribution in [0.3, 0.4) is 0 Å². The zero-order valence-electron chi connectivity index (χ0n) is 12.8. The van der Waals surface area contributed by atoms with Crippen LogP contribution in [0, 0.1) is 13.8 Å². The van der Waals surface area contributed by atoms with Gasteiger partial charge >= 0.3 is 5.97 Å². The number of carboxylic acids is 1. The van der Waals surface area contributed by atoms with Crippen molar-refractivity contribution < 1.29 is 19.4 Å². The van der Waals surface area contributed by atoms with E-state index in [4.69, 9.17) is 9.84 Å². The van der Waals surface area contributed by atoms with Crippen molar-refractivity contribution in [3.63, 3.8) is 0 Å². The number of aliphatic carboxylic acids is 1. The van der Waals surface area contributed by atoms with Gasteiger partial charge in [0.25, 0.3) is 0 Å². The van der Waals surface area contributed by atoms with E-state index in [0.29, 0.717) is 22.6 Å². The highest BCUT2D eigenvalue weighted by Crippen LogP contribution is 2.28. The van der Waals surface area contributed by atoms with Crippen LogP contribution in [0.5, 0.6) is 5.75 Å². The first-order chi connectivity index (χ1) is 10.4. The number of carbonyl (C=O) groups is 2. The van der Waals surface area contributed by atoms with Gasteiger partial charge in [-0.05, 0) is 55.0 Å². The van der Waals surface area contributed by atoms with Gasteiger partial charge in [-0.15, -0.1) is 11.3 Å². The van der Waals surface area contributed by atoms with Gasteiger partial charge in [0.05, 0.1) is 4.88 Å². The molecule has 4 nitrogen and oxygen atoms in total. The molecule has 1 aromatic heterocycles. The minimum absolute atomic E-state index is 0.0296. The summed E-state index contributed by atoms with van der Waals surface area (Å²) in [6.07, 6.45) is -0.499. The number of benzene rings is 1. The molecule has 5 heteroatoms. The molecule has 22 heavy (non-hydrogen) atoms. The van der Waals surface area contributed by atoms with Gasteiger partial charge in [0.15, 0.2) is 6.10 Å². The summed E-state index contributed by atoms with van der Waals surface area (Å²) >= 11 is 1.40. The van der Waals surface area contributed by atoms with Crippen LogP contribution in [0.2, 0.25) is 0 Å². The zero-order valence-corrected chi connectivity index (χ0v) is 13.6. The van der Waals surface area contributed by atoms with Crippen LogP contribution >= 0.6 is 11.3 Å². The molecule has 1 atom stereocenters. The lowest BCUT2D eigenvalue weighted by molar-refractivity contribution is -0.145. The molecular formula is C17H18O4S. The largest absolute Gasteiger partial charge is 0.479 e. The summed E-state index contributed by atoms with van der Waals surface area (Å²) in [6, 6.07) is 7.13. The van der Waals surface area contributed by atoms with Gasteiger partial charge in [0.2, 0.25) is 5.78 Å². The van der Waals surface area contributed by atoms with Crippen LogP contribution in [0.4, 0.5) is 0 Å². The number of aryl methyl sites for hydroxylation is 2. The number of carbonyl (C=O) groups excluding carboxylic acids is 1. The molecule has 0 saturated carbocycles. The van der Waals surface area contributed by atoms with Crippen molar-refractivity contribution in [2.75, 3.05) is 0 Å². The average Bonchev–Trinajstić information content (AvgIpc) is 2.99. The second-order valence-corrected chi connectivity index (χ2v) is 6.05. The van der Waals surface area contributed by atoms with E-state index in [2.05, 4.69) is 0 Å². The topological polar surface area (TPSA) is 63.6 Å². The molecule has 0 fully saturated rings. The van der Waals surface area contributed by atoms with Crippen molar-refractivity contribution >= 4 is 23.1 Å². The Morgan fingerprint density at radius 3 is 2.36 bits per heavy atom. The number of ether oxygens (including phenoxy) is 1. The molecule has 2 aromatic rings. The number of hydrogen-bond donors (Lipinski definition) is 1. The van der Waals surface area contributed by atoms with Gasteiger partial charge in [0, 0.05) is 5.56 Å². The number of hydrogen-bond acceptors (Lipinski definition) is 4. The molecule has 0 saturated heterocycles. The smallest absolute Gasteiger partial charge is 0.344 e. The quantitative estimate of drug-likeness (QED) is 0.822. The molecule has 116 valence electrons. The van der Waals surface area contributed by atoms with Crippen molar-refractivity contribution in [1.29, 1.82) is 0 Å². The van der Waals surface area contributed by atoms with E-state index in [9.17, 15) is 9.59 Å². The molecule has 1 heterocycles. The van der Waals surface area contributed by atoms with Crippen molar-refractivity contribution in [1.82, 2.24) is 0 Å². The molecule has 1 N–H and O–H groups in total. The van der Waals surface area contributed by atoms with E-state index in [1.165, 1.54) is 11.3 Å². The Morgan fingerprint density at radius 1 is 1.27 bits per heavy atom. The number of thiophene rings is 1. The molecule has 0 aliphatic heterocycles. The van der Waals surface area contributed by atoms with Crippen LogP contribution in [-0.2, 0) is 4.79 Å². The van der Waals surface area contributed by atoms with Gasteiger partial charge in [-0.25, -0.2) is 4.79 Å². The third kappa shape index (κ3) is 3.36. The van der Waals surface area contributed by atoms with E-state index in [0.717, 1.165) is 11.1 Å².